The normalized spacial score (nSPS) is 9.33. The summed E-state index contributed by atoms with van der Waals surface area (Å²) >= 11 is 0. The Labute approximate surface area is 90.9 Å². The topological polar surface area (TPSA) is 26.0 Å². The molecular formula is C13H17NO. The van der Waals surface area contributed by atoms with Crippen molar-refractivity contribution in [1.82, 2.24) is 5.16 Å². The lowest BCUT2D eigenvalue weighted by atomic mass is 10.1. The highest BCUT2D eigenvalue weighted by Crippen LogP contribution is 2.24. The van der Waals surface area contributed by atoms with Gasteiger partial charge in [-0.2, -0.15) is 0 Å². The number of aromatic nitrogens is 1. The van der Waals surface area contributed by atoms with Gasteiger partial charge in [-0.25, -0.2) is 0 Å². The number of benzene rings is 1. The molecule has 1 aromatic carbocycles. The third-order valence-corrected chi connectivity index (χ3v) is 2.19. The zero-order valence-corrected chi connectivity index (χ0v) is 9.74. The van der Waals surface area contributed by atoms with Gasteiger partial charge in [0.15, 0.2) is 5.76 Å². The van der Waals surface area contributed by atoms with Gasteiger partial charge in [0.1, 0.15) is 0 Å². The van der Waals surface area contributed by atoms with Gasteiger partial charge in [-0.05, 0) is 13.8 Å². The molecular weight excluding hydrogens is 186 g/mol. The molecule has 2 rings (SSSR count). The van der Waals surface area contributed by atoms with E-state index in [1.165, 1.54) is 0 Å². The first-order valence-corrected chi connectivity index (χ1v) is 5.27. The molecule has 1 aromatic heterocycles. The Kier molecular flexibility index (Phi) is 4.10. The Morgan fingerprint density at radius 2 is 1.60 bits per heavy atom. The summed E-state index contributed by atoms with van der Waals surface area (Å²) in [5.74, 6) is 0.873. The first-order chi connectivity index (χ1) is 7.29. The molecule has 0 aliphatic rings. The maximum atomic E-state index is 5.23. The monoisotopic (exact) mass is 203 g/mol. The average Bonchev–Trinajstić information content (AvgIpc) is 2.64. The van der Waals surface area contributed by atoms with Gasteiger partial charge in [-0.1, -0.05) is 49.3 Å². The van der Waals surface area contributed by atoms with Gasteiger partial charge >= 0.3 is 0 Å². The van der Waals surface area contributed by atoms with E-state index in [2.05, 4.69) is 5.16 Å². The highest BCUT2D eigenvalue weighted by atomic mass is 16.5. The summed E-state index contributed by atoms with van der Waals surface area (Å²) < 4.78 is 5.23. The van der Waals surface area contributed by atoms with Crippen molar-refractivity contribution in [2.45, 2.75) is 27.7 Å². The highest BCUT2D eigenvalue weighted by molar-refractivity contribution is 5.61. The summed E-state index contributed by atoms with van der Waals surface area (Å²) in [5, 5.41) is 3.92. The maximum Gasteiger partial charge on any atom is 0.170 e. The molecule has 0 aliphatic heterocycles. The van der Waals surface area contributed by atoms with Crippen LogP contribution in [0.4, 0.5) is 0 Å². The van der Waals surface area contributed by atoms with Gasteiger partial charge in [-0.3, -0.25) is 0 Å². The van der Waals surface area contributed by atoms with E-state index < -0.39 is 0 Å². The molecule has 0 aliphatic carbocycles. The molecule has 0 N–H and O–H groups in total. The molecule has 2 nitrogen and oxygen atoms in total. The fraction of sp³-hybridized carbons (Fsp3) is 0.308. The van der Waals surface area contributed by atoms with Crippen molar-refractivity contribution in [1.29, 1.82) is 0 Å². The average molecular weight is 203 g/mol. The van der Waals surface area contributed by atoms with Crippen molar-refractivity contribution in [3.8, 4) is 11.3 Å². The Hall–Kier alpha value is -1.57. The zero-order valence-electron chi connectivity index (χ0n) is 9.74. The largest absolute Gasteiger partial charge is 0.356 e. The minimum atomic E-state index is 0.873. The fourth-order valence-electron chi connectivity index (χ4n) is 1.27. The molecule has 15 heavy (non-hydrogen) atoms. The summed E-state index contributed by atoms with van der Waals surface area (Å²) in [4.78, 5) is 0. The van der Waals surface area contributed by atoms with Crippen molar-refractivity contribution in [2.24, 2.45) is 0 Å². The number of hydrogen-bond acceptors (Lipinski definition) is 2. The molecule has 0 atom stereocenters. The van der Waals surface area contributed by atoms with Crippen molar-refractivity contribution in [3.63, 3.8) is 0 Å². The maximum absolute atomic E-state index is 5.23. The third-order valence-electron chi connectivity index (χ3n) is 2.19. The van der Waals surface area contributed by atoms with Crippen LogP contribution >= 0.6 is 0 Å². The van der Waals surface area contributed by atoms with Crippen LogP contribution in [0, 0.1) is 13.8 Å². The first-order valence-electron chi connectivity index (χ1n) is 5.27. The first kappa shape index (κ1) is 11.5. The van der Waals surface area contributed by atoms with Gasteiger partial charge in [0, 0.05) is 11.1 Å². The summed E-state index contributed by atoms with van der Waals surface area (Å²) in [6.45, 7) is 7.97. The lowest BCUT2D eigenvalue weighted by Gasteiger charge is -1.95. The molecule has 2 heteroatoms. The van der Waals surface area contributed by atoms with Crippen LogP contribution in [0.2, 0.25) is 0 Å². The van der Waals surface area contributed by atoms with Gasteiger partial charge in [-0.15, -0.1) is 0 Å². The molecule has 0 saturated heterocycles. The Bertz CT molecular complexity index is 404. The van der Waals surface area contributed by atoms with E-state index >= 15 is 0 Å². The van der Waals surface area contributed by atoms with Crippen molar-refractivity contribution < 1.29 is 4.52 Å². The van der Waals surface area contributed by atoms with E-state index in [0.717, 1.165) is 22.6 Å². The van der Waals surface area contributed by atoms with E-state index in [4.69, 9.17) is 4.52 Å². The molecule has 2 aromatic rings. The molecule has 80 valence electrons. The second-order valence-electron chi connectivity index (χ2n) is 3.09. The molecule has 0 radical (unpaired) electrons. The van der Waals surface area contributed by atoms with Crippen molar-refractivity contribution in [3.05, 3.63) is 41.6 Å². The Balaban J connectivity index is 0.000000531. The van der Waals surface area contributed by atoms with Crippen LogP contribution < -0.4 is 0 Å². The Morgan fingerprint density at radius 1 is 1.00 bits per heavy atom. The molecule has 0 unspecified atom stereocenters. The number of nitrogens with zero attached hydrogens (tertiary/aromatic N) is 1. The quantitative estimate of drug-likeness (QED) is 0.700. The van der Waals surface area contributed by atoms with Crippen LogP contribution in [-0.4, -0.2) is 5.16 Å². The van der Waals surface area contributed by atoms with Crippen LogP contribution in [0.5, 0.6) is 0 Å². The van der Waals surface area contributed by atoms with Gasteiger partial charge in [0.25, 0.3) is 0 Å². The van der Waals surface area contributed by atoms with E-state index in [9.17, 15) is 0 Å². The standard InChI is InChI=1S/C11H11NO.C2H6/c1-8-9(2)12-13-11(8)10-6-4-3-5-7-10;1-2/h3-7H,1-2H3;1-2H3. The SMILES string of the molecule is CC.Cc1noc(-c2ccccc2)c1C. The smallest absolute Gasteiger partial charge is 0.170 e. The fourth-order valence-corrected chi connectivity index (χ4v) is 1.27. The lowest BCUT2D eigenvalue weighted by Crippen LogP contribution is -1.77. The third kappa shape index (κ3) is 2.46. The van der Waals surface area contributed by atoms with Crippen LogP contribution in [0.3, 0.4) is 0 Å². The van der Waals surface area contributed by atoms with Gasteiger partial charge < -0.3 is 4.52 Å². The summed E-state index contributed by atoms with van der Waals surface area (Å²) in [7, 11) is 0. The minimum absolute atomic E-state index is 0.873. The predicted octanol–water partition coefficient (Wildman–Crippen LogP) is 3.98. The van der Waals surface area contributed by atoms with E-state index in [0.29, 0.717) is 0 Å². The second kappa shape index (κ2) is 5.35. The van der Waals surface area contributed by atoms with Gasteiger partial charge in [0.2, 0.25) is 0 Å². The highest BCUT2D eigenvalue weighted by Gasteiger charge is 2.09. The zero-order chi connectivity index (χ0) is 11.3. The number of rotatable bonds is 1. The van der Waals surface area contributed by atoms with Crippen LogP contribution in [0.1, 0.15) is 25.1 Å². The molecule has 0 bridgehead atoms. The summed E-state index contributed by atoms with van der Waals surface area (Å²) in [6.07, 6.45) is 0. The van der Waals surface area contributed by atoms with Crippen molar-refractivity contribution in [2.75, 3.05) is 0 Å². The van der Waals surface area contributed by atoms with Gasteiger partial charge in [0.05, 0.1) is 5.69 Å². The minimum Gasteiger partial charge on any atom is -0.356 e. The molecule has 0 saturated carbocycles. The van der Waals surface area contributed by atoms with E-state index in [1.54, 1.807) is 0 Å². The lowest BCUT2D eigenvalue weighted by molar-refractivity contribution is 0.427. The Morgan fingerprint density at radius 3 is 2.07 bits per heavy atom. The summed E-state index contributed by atoms with van der Waals surface area (Å²) in [6, 6.07) is 10.0. The van der Waals surface area contributed by atoms with Crippen molar-refractivity contribution >= 4 is 0 Å². The second-order valence-corrected chi connectivity index (χ2v) is 3.09. The molecule has 0 amide bonds. The molecule has 0 spiro atoms. The predicted molar refractivity (Wildman–Crippen MR) is 62.8 cm³/mol. The number of aryl methyl sites for hydroxylation is 1. The summed E-state index contributed by atoms with van der Waals surface area (Å²) in [5.41, 5.74) is 3.16. The van der Waals surface area contributed by atoms with E-state index in [-0.39, 0.29) is 0 Å². The van der Waals surface area contributed by atoms with Crippen LogP contribution in [0.15, 0.2) is 34.9 Å². The van der Waals surface area contributed by atoms with Crippen LogP contribution in [-0.2, 0) is 0 Å². The number of hydrogen-bond donors (Lipinski definition) is 0. The molecule has 0 fully saturated rings. The van der Waals surface area contributed by atoms with Crippen LogP contribution in [0.25, 0.3) is 11.3 Å². The van der Waals surface area contributed by atoms with E-state index in [1.807, 2.05) is 58.0 Å². The molecule has 1 heterocycles.